The summed E-state index contributed by atoms with van der Waals surface area (Å²) in [6.07, 6.45) is 1.90. The number of benzene rings is 1. The minimum Gasteiger partial charge on any atom is -0.406 e. The van der Waals surface area contributed by atoms with Crippen LogP contribution in [0.5, 0.6) is 5.75 Å². The van der Waals surface area contributed by atoms with Crippen molar-refractivity contribution in [1.29, 1.82) is 0 Å². The zero-order chi connectivity index (χ0) is 14.2. The fraction of sp³-hybridized carbons (Fsp3) is 0.0769. The Labute approximate surface area is 111 Å². The van der Waals surface area contributed by atoms with Crippen LogP contribution in [0.4, 0.5) is 13.2 Å². The van der Waals surface area contributed by atoms with E-state index in [9.17, 15) is 13.2 Å². The Morgan fingerprint density at radius 3 is 2.50 bits per heavy atom. The summed E-state index contributed by atoms with van der Waals surface area (Å²) in [6, 6.07) is 5.63. The molecule has 0 N–H and O–H groups in total. The number of imidazole rings is 1. The summed E-state index contributed by atoms with van der Waals surface area (Å²) in [5, 5.41) is 0. The Morgan fingerprint density at radius 1 is 1.05 bits per heavy atom. The monoisotopic (exact) mass is 279 g/mol. The molecule has 0 atom stereocenters. The van der Waals surface area contributed by atoms with Gasteiger partial charge in [-0.1, -0.05) is 0 Å². The molecule has 0 spiro atoms. The van der Waals surface area contributed by atoms with Crippen LogP contribution < -0.4 is 4.74 Å². The molecule has 2 aromatic heterocycles. The molecular formula is C13H8F3N3O. The van der Waals surface area contributed by atoms with Crippen molar-refractivity contribution in [1.82, 2.24) is 14.4 Å². The van der Waals surface area contributed by atoms with Gasteiger partial charge in [0, 0.05) is 18.0 Å². The van der Waals surface area contributed by atoms with E-state index in [1.54, 1.807) is 41.3 Å². The summed E-state index contributed by atoms with van der Waals surface area (Å²) >= 11 is 0. The Balaban J connectivity index is 1.95. The van der Waals surface area contributed by atoms with Crippen molar-refractivity contribution >= 4 is 5.65 Å². The van der Waals surface area contributed by atoms with Crippen LogP contribution in [0.1, 0.15) is 0 Å². The predicted octanol–water partition coefficient (Wildman–Crippen LogP) is 3.29. The van der Waals surface area contributed by atoms with E-state index in [1.165, 1.54) is 12.1 Å². The van der Waals surface area contributed by atoms with Crippen LogP contribution >= 0.6 is 0 Å². The van der Waals surface area contributed by atoms with Crippen LogP contribution in [0, 0.1) is 0 Å². The molecule has 0 saturated heterocycles. The number of alkyl halides is 3. The fourth-order valence-corrected chi connectivity index (χ4v) is 1.88. The minimum absolute atomic E-state index is 0.253. The first-order valence-corrected chi connectivity index (χ1v) is 5.66. The third kappa shape index (κ3) is 2.42. The molecule has 0 radical (unpaired) electrons. The van der Waals surface area contributed by atoms with Gasteiger partial charge in [-0.25, -0.2) is 4.98 Å². The van der Waals surface area contributed by atoms with Crippen molar-refractivity contribution in [2.45, 2.75) is 6.36 Å². The first kappa shape index (κ1) is 12.5. The summed E-state index contributed by atoms with van der Waals surface area (Å²) in [5.41, 5.74) is 2.16. The minimum atomic E-state index is -4.68. The van der Waals surface area contributed by atoms with Gasteiger partial charge >= 0.3 is 6.36 Å². The van der Waals surface area contributed by atoms with E-state index in [0.29, 0.717) is 5.65 Å². The molecule has 0 bridgehead atoms. The molecular weight excluding hydrogens is 271 g/mol. The quantitative estimate of drug-likeness (QED) is 0.722. The standard InChI is InChI=1S/C13H8F3N3O/c14-13(15,16)20-10-3-1-9(2-4-10)11-7-18-12-8-17-5-6-19(11)12/h1-8H. The molecule has 0 aliphatic heterocycles. The largest absolute Gasteiger partial charge is 0.573 e. The third-order valence-corrected chi connectivity index (χ3v) is 2.70. The second-order valence-corrected chi connectivity index (χ2v) is 4.02. The van der Waals surface area contributed by atoms with E-state index in [-0.39, 0.29) is 5.75 Å². The molecule has 3 rings (SSSR count). The third-order valence-electron chi connectivity index (χ3n) is 2.70. The molecule has 4 nitrogen and oxygen atoms in total. The van der Waals surface area contributed by atoms with Gasteiger partial charge in [-0.2, -0.15) is 0 Å². The summed E-state index contributed by atoms with van der Waals surface area (Å²) < 4.78 is 41.9. The van der Waals surface area contributed by atoms with Gasteiger partial charge in [0.05, 0.1) is 18.1 Å². The molecule has 0 aliphatic rings. The molecule has 0 saturated carbocycles. The van der Waals surface area contributed by atoms with Gasteiger partial charge in [-0.15, -0.1) is 13.2 Å². The maximum Gasteiger partial charge on any atom is 0.573 e. The van der Waals surface area contributed by atoms with E-state index in [1.807, 2.05) is 0 Å². The Morgan fingerprint density at radius 2 is 1.80 bits per heavy atom. The molecule has 2 heterocycles. The lowest BCUT2D eigenvalue weighted by Gasteiger charge is -2.09. The van der Waals surface area contributed by atoms with Crippen molar-refractivity contribution in [2.75, 3.05) is 0 Å². The molecule has 0 aliphatic carbocycles. The maximum absolute atomic E-state index is 12.1. The van der Waals surface area contributed by atoms with Gasteiger partial charge in [0.1, 0.15) is 5.75 Å². The molecule has 1 aromatic carbocycles. The first-order chi connectivity index (χ1) is 9.53. The number of fused-ring (bicyclic) bond motifs is 1. The molecule has 102 valence electrons. The highest BCUT2D eigenvalue weighted by molar-refractivity contribution is 5.63. The van der Waals surface area contributed by atoms with E-state index in [2.05, 4.69) is 14.7 Å². The average molecular weight is 279 g/mol. The van der Waals surface area contributed by atoms with Crippen LogP contribution in [-0.4, -0.2) is 20.7 Å². The van der Waals surface area contributed by atoms with Crippen LogP contribution in [0.25, 0.3) is 16.9 Å². The molecule has 0 unspecified atom stereocenters. The molecule has 0 amide bonds. The van der Waals surface area contributed by atoms with Gasteiger partial charge in [0.25, 0.3) is 0 Å². The van der Waals surface area contributed by atoms with E-state index in [0.717, 1.165) is 11.3 Å². The molecule has 0 fully saturated rings. The van der Waals surface area contributed by atoms with Gasteiger partial charge in [0.15, 0.2) is 5.65 Å². The molecule has 20 heavy (non-hydrogen) atoms. The maximum atomic E-state index is 12.1. The van der Waals surface area contributed by atoms with Gasteiger partial charge in [-0.3, -0.25) is 9.38 Å². The Kier molecular flexibility index (Phi) is 2.81. The lowest BCUT2D eigenvalue weighted by atomic mass is 10.1. The summed E-state index contributed by atoms with van der Waals surface area (Å²) in [4.78, 5) is 8.11. The summed E-state index contributed by atoms with van der Waals surface area (Å²) in [6.45, 7) is 0. The lowest BCUT2D eigenvalue weighted by molar-refractivity contribution is -0.274. The second-order valence-electron chi connectivity index (χ2n) is 4.02. The summed E-state index contributed by atoms with van der Waals surface area (Å²) in [7, 11) is 0. The van der Waals surface area contributed by atoms with E-state index < -0.39 is 6.36 Å². The SMILES string of the molecule is FC(F)(F)Oc1ccc(-c2cnc3cnccn23)cc1. The number of rotatable bonds is 2. The van der Waals surface area contributed by atoms with Gasteiger partial charge in [0.2, 0.25) is 0 Å². The highest BCUT2D eigenvalue weighted by Gasteiger charge is 2.30. The normalized spacial score (nSPS) is 11.8. The van der Waals surface area contributed by atoms with Crippen molar-refractivity contribution in [3.63, 3.8) is 0 Å². The number of ether oxygens (including phenoxy) is 1. The molecule has 3 aromatic rings. The Hall–Kier alpha value is -2.57. The zero-order valence-electron chi connectivity index (χ0n) is 10.0. The average Bonchev–Trinajstić information content (AvgIpc) is 2.82. The van der Waals surface area contributed by atoms with Gasteiger partial charge in [-0.05, 0) is 24.3 Å². The summed E-state index contributed by atoms with van der Waals surface area (Å²) in [5.74, 6) is -0.253. The zero-order valence-corrected chi connectivity index (χ0v) is 10.0. The van der Waals surface area contributed by atoms with Crippen molar-refractivity contribution < 1.29 is 17.9 Å². The first-order valence-electron chi connectivity index (χ1n) is 5.66. The van der Waals surface area contributed by atoms with Crippen LogP contribution in [0.3, 0.4) is 0 Å². The molecule has 7 heteroatoms. The number of hydrogen-bond donors (Lipinski definition) is 0. The van der Waals surface area contributed by atoms with Gasteiger partial charge < -0.3 is 4.74 Å². The van der Waals surface area contributed by atoms with E-state index >= 15 is 0 Å². The topological polar surface area (TPSA) is 39.4 Å². The number of halogens is 3. The smallest absolute Gasteiger partial charge is 0.406 e. The van der Waals surface area contributed by atoms with Crippen molar-refractivity contribution in [2.24, 2.45) is 0 Å². The van der Waals surface area contributed by atoms with Crippen molar-refractivity contribution in [3.8, 4) is 17.0 Å². The predicted molar refractivity (Wildman–Crippen MR) is 65.1 cm³/mol. The van der Waals surface area contributed by atoms with Crippen LogP contribution in [-0.2, 0) is 0 Å². The van der Waals surface area contributed by atoms with E-state index in [4.69, 9.17) is 0 Å². The van der Waals surface area contributed by atoms with Crippen molar-refractivity contribution in [3.05, 3.63) is 49.1 Å². The van der Waals surface area contributed by atoms with Crippen LogP contribution in [0.15, 0.2) is 49.1 Å². The lowest BCUT2D eigenvalue weighted by Crippen LogP contribution is -2.16. The second kappa shape index (κ2) is 4.52. The van der Waals surface area contributed by atoms with Crippen LogP contribution in [0.2, 0.25) is 0 Å². The number of hydrogen-bond acceptors (Lipinski definition) is 3. The fourth-order valence-electron chi connectivity index (χ4n) is 1.88. The number of aromatic nitrogens is 3. The Bertz CT molecular complexity index is 734. The number of nitrogens with zero attached hydrogens (tertiary/aromatic N) is 3. The highest BCUT2D eigenvalue weighted by atomic mass is 19.4. The highest BCUT2D eigenvalue weighted by Crippen LogP contribution is 2.26.